The van der Waals surface area contributed by atoms with Crippen molar-refractivity contribution >= 4 is 0 Å². The van der Waals surface area contributed by atoms with E-state index in [1.54, 1.807) is 0 Å². The lowest BCUT2D eigenvalue weighted by Gasteiger charge is -2.15. The zero-order valence-corrected chi connectivity index (χ0v) is 11.0. The van der Waals surface area contributed by atoms with Crippen molar-refractivity contribution < 1.29 is 9.47 Å². The van der Waals surface area contributed by atoms with E-state index in [9.17, 15) is 0 Å². The Morgan fingerprint density at radius 3 is 2.94 bits per heavy atom. The van der Waals surface area contributed by atoms with Gasteiger partial charge in [-0.25, -0.2) is 0 Å². The van der Waals surface area contributed by atoms with Crippen molar-refractivity contribution in [1.29, 1.82) is 0 Å². The van der Waals surface area contributed by atoms with E-state index >= 15 is 0 Å². The minimum Gasteiger partial charge on any atom is -0.490 e. The third kappa shape index (κ3) is 2.46. The van der Waals surface area contributed by atoms with Gasteiger partial charge >= 0.3 is 0 Å². The van der Waals surface area contributed by atoms with Gasteiger partial charge in [-0.3, -0.25) is 0 Å². The summed E-state index contributed by atoms with van der Waals surface area (Å²) in [5, 5.41) is 3.54. The highest BCUT2D eigenvalue weighted by Crippen LogP contribution is 2.34. The second kappa shape index (κ2) is 5.19. The molecule has 1 saturated heterocycles. The third-order valence-electron chi connectivity index (χ3n) is 3.74. The molecule has 1 aromatic rings. The molecule has 1 atom stereocenters. The van der Waals surface area contributed by atoms with Crippen molar-refractivity contribution in [2.24, 2.45) is 0 Å². The van der Waals surface area contributed by atoms with Crippen LogP contribution in [0.4, 0.5) is 0 Å². The zero-order valence-electron chi connectivity index (χ0n) is 11.0. The van der Waals surface area contributed by atoms with Crippen LogP contribution in [0.5, 0.6) is 11.5 Å². The Kier molecular flexibility index (Phi) is 3.41. The van der Waals surface area contributed by atoms with Crippen molar-refractivity contribution in [3.05, 3.63) is 23.3 Å². The van der Waals surface area contributed by atoms with Crippen LogP contribution in [0.25, 0.3) is 0 Å². The highest BCUT2D eigenvalue weighted by Gasteiger charge is 2.18. The molecule has 0 spiro atoms. The number of hydrogen-bond acceptors (Lipinski definition) is 3. The molecule has 1 fully saturated rings. The maximum atomic E-state index is 5.79. The summed E-state index contributed by atoms with van der Waals surface area (Å²) >= 11 is 0. The molecule has 0 bridgehead atoms. The molecule has 2 aliphatic rings. The summed E-state index contributed by atoms with van der Waals surface area (Å²) in [6, 6.07) is 5.04. The van der Waals surface area contributed by atoms with Crippen LogP contribution in [0.15, 0.2) is 12.1 Å². The van der Waals surface area contributed by atoms with Gasteiger partial charge in [-0.1, -0.05) is 6.07 Å². The van der Waals surface area contributed by atoms with E-state index in [2.05, 4.69) is 24.4 Å². The molecule has 98 valence electrons. The quantitative estimate of drug-likeness (QED) is 0.870. The van der Waals surface area contributed by atoms with Gasteiger partial charge in [-0.05, 0) is 49.9 Å². The summed E-state index contributed by atoms with van der Waals surface area (Å²) in [6.07, 6.45) is 4.65. The summed E-state index contributed by atoms with van der Waals surface area (Å²) in [5.74, 6) is 1.87. The zero-order chi connectivity index (χ0) is 12.4. The SMILES string of the molecule is Cc1cc(CC2CCCN2)cc2c1OCCCO2. The minimum atomic E-state index is 0.633. The van der Waals surface area contributed by atoms with Crippen LogP contribution in [-0.2, 0) is 6.42 Å². The first-order valence-corrected chi connectivity index (χ1v) is 6.95. The smallest absolute Gasteiger partial charge is 0.164 e. The van der Waals surface area contributed by atoms with Gasteiger partial charge in [0.05, 0.1) is 13.2 Å². The number of fused-ring (bicyclic) bond motifs is 1. The highest BCUT2D eigenvalue weighted by atomic mass is 16.5. The van der Waals surface area contributed by atoms with Gasteiger partial charge in [0.15, 0.2) is 11.5 Å². The lowest BCUT2D eigenvalue weighted by Crippen LogP contribution is -2.23. The molecule has 0 saturated carbocycles. The van der Waals surface area contributed by atoms with E-state index in [0.29, 0.717) is 6.04 Å². The molecule has 0 aliphatic carbocycles. The van der Waals surface area contributed by atoms with E-state index in [1.165, 1.54) is 24.0 Å². The molecule has 3 heteroatoms. The predicted molar refractivity (Wildman–Crippen MR) is 71.5 cm³/mol. The number of benzene rings is 1. The predicted octanol–water partition coefficient (Wildman–Crippen LogP) is 2.45. The Balaban J connectivity index is 1.82. The first-order chi connectivity index (χ1) is 8.83. The van der Waals surface area contributed by atoms with Crippen LogP contribution in [-0.4, -0.2) is 25.8 Å². The Morgan fingerprint density at radius 2 is 2.11 bits per heavy atom. The number of nitrogens with one attached hydrogen (secondary N) is 1. The summed E-state index contributed by atoms with van der Waals surface area (Å²) in [5.41, 5.74) is 2.55. The van der Waals surface area contributed by atoms with Crippen LogP contribution >= 0.6 is 0 Å². The average molecular weight is 247 g/mol. The highest BCUT2D eigenvalue weighted by molar-refractivity contribution is 5.49. The van der Waals surface area contributed by atoms with Crippen molar-refractivity contribution in [3.63, 3.8) is 0 Å². The molecular formula is C15H21NO2. The van der Waals surface area contributed by atoms with Crippen molar-refractivity contribution in [2.75, 3.05) is 19.8 Å². The van der Waals surface area contributed by atoms with Gasteiger partial charge in [0, 0.05) is 12.5 Å². The number of rotatable bonds is 2. The lowest BCUT2D eigenvalue weighted by molar-refractivity contribution is 0.296. The molecule has 2 heterocycles. The second-order valence-electron chi connectivity index (χ2n) is 5.29. The summed E-state index contributed by atoms with van der Waals surface area (Å²) < 4.78 is 11.6. The normalized spacial score (nSPS) is 22.8. The fraction of sp³-hybridized carbons (Fsp3) is 0.600. The molecular weight excluding hydrogens is 226 g/mol. The number of hydrogen-bond donors (Lipinski definition) is 1. The molecule has 0 aromatic heterocycles. The van der Waals surface area contributed by atoms with Crippen molar-refractivity contribution in [1.82, 2.24) is 5.32 Å². The standard InChI is InChI=1S/C15H21NO2/c1-11-8-12(9-13-4-2-5-16-13)10-14-15(11)18-7-3-6-17-14/h8,10,13,16H,2-7,9H2,1H3. The third-order valence-corrected chi connectivity index (χ3v) is 3.74. The van der Waals surface area contributed by atoms with Gasteiger partial charge in [0.25, 0.3) is 0 Å². The molecule has 2 aliphatic heterocycles. The van der Waals surface area contributed by atoms with Crippen LogP contribution in [0.2, 0.25) is 0 Å². The van der Waals surface area contributed by atoms with Crippen molar-refractivity contribution in [3.8, 4) is 11.5 Å². The van der Waals surface area contributed by atoms with Gasteiger partial charge in [0.1, 0.15) is 0 Å². The molecule has 0 amide bonds. The molecule has 18 heavy (non-hydrogen) atoms. The first kappa shape index (κ1) is 11.8. The van der Waals surface area contributed by atoms with Gasteiger partial charge in [-0.2, -0.15) is 0 Å². The van der Waals surface area contributed by atoms with E-state index < -0.39 is 0 Å². The maximum Gasteiger partial charge on any atom is 0.164 e. The Bertz CT molecular complexity index is 425. The Labute approximate surface area is 108 Å². The molecule has 3 rings (SSSR count). The molecule has 1 N–H and O–H groups in total. The van der Waals surface area contributed by atoms with E-state index in [-0.39, 0.29) is 0 Å². The van der Waals surface area contributed by atoms with Crippen LogP contribution in [0.1, 0.15) is 30.4 Å². The van der Waals surface area contributed by atoms with Gasteiger partial charge in [-0.15, -0.1) is 0 Å². The van der Waals surface area contributed by atoms with E-state index in [0.717, 1.165) is 44.1 Å². The summed E-state index contributed by atoms with van der Waals surface area (Å²) in [6.45, 7) is 4.79. The largest absolute Gasteiger partial charge is 0.490 e. The summed E-state index contributed by atoms with van der Waals surface area (Å²) in [7, 11) is 0. The second-order valence-corrected chi connectivity index (χ2v) is 5.29. The Hall–Kier alpha value is -1.22. The average Bonchev–Trinajstić information content (AvgIpc) is 2.73. The maximum absolute atomic E-state index is 5.79. The molecule has 1 aromatic carbocycles. The lowest BCUT2D eigenvalue weighted by atomic mass is 10.0. The van der Waals surface area contributed by atoms with E-state index in [4.69, 9.17) is 9.47 Å². The molecule has 1 unspecified atom stereocenters. The topological polar surface area (TPSA) is 30.5 Å². The number of aryl methyl sites for hydroxylation is 1. The monoisotopic (exact) mass is 247 g/mol. The minimum absolute atomic E-state index is 0.633. The van der Waals surface area contributed by atoms with E-state index in [1.807, 2.05) is 0 Å². The first-order valence-electron chi connectivity index (χ1n) is 6.95. The Morgan fingerprint density at radius 1 is 1.22 bits per heavy atom. The van der Waals surface area contributed by atoms with Crippen LogP contribution < -0.4 is 14.8 Å². The number of ether oxygens (including phenoxy) is 2. The summed E-state index contributed by atoms with van der Waals surface area (Å²) in [4.78, 5) is 0. The van der Waals surface area contributed by atoms with Crippen LogP contribution in [0, 0.1) is 6.92 Å². The van der Waals surface area contributed by atoms with Gasteiger partial charge < -0.3 is 14.8 Å². The van der Waals surface area contributed by atoms with Crippen LogP contribution in [0.3, 0.4) is 0 Å². The van der Waals surface area contributed by atoms with Crippen molar-refractivity contribution in [2.45, 2.75) is 38.6 Å². The van der Waals surface area contributed by atoms with Gasteiger partial charge in [0.2, 0.25) is 0 Å². The fourth-order valence-electron chi connectivity index (χ4n) is 2.85. The molecule has 0 radical (unpaired) electrons. The fourth-order valence-corrected chi connectivity index (χ4v) is 2.85. The molecule has 3 nitrogen and oxygen atoms in total.